The van der Waals surface area contributed by atoms with E-state index in [1.807, 2.05) is 6.26 Å². The van der Waals surface area contributed by atoms with Crippen molar-refractivity contribution in [2.45, 2.75) is 44.1 Å². The minimum absolute atomic E-state index is 0.0544. The molecule has 7 nitrogen and oxygen atoms in total. The van der Waals surface area contributed by atoms with Crippen LogP contribution in [0.25, 0.3) is 0 Å². The first kappa shape index (κ1) is 24.8. The fourth-order valence-electron chi connectivity index (χ4n) is 2.65. The molecule has 156 valence electrons. The number of benzene rings is 1. The Bertz CT molecular complexity index is 624. The highest BCUT2D eigenvalue weighted by molar-refractivity contribution is 7.98. The van der Waals surface area contributed by atoms with Crippen LogP contribution in [-0.4, -0.2) is 59.5 Å². The topological polar surface area (TPSA) is 125 Å². The number of carbonyl (C=O) groups is 2. The number of carbonyl (C=O) groups excluding carboxylic acids is 2. The number of unbranched alkanes of at least 4 members (excludes halogenated alkanes) is 1. The third-order valence-corrected chi connectivity index (χ3v) is 5.24. The van der Waals surface area contributed by atoms with Gasteiger partial charge in [0, 0.05) is 5.02 Å². The molecule has 0 aliphatic heterocycles. The second-order valence-corrected chi connectivity index (χ2v) is 7.88. The predicted octanol–water partition coefficient (Wildman–Crippen LogP) is 0.746. The van der Waals surface area contributed by atoms with Crippen LogP contribution in [-0.2, 0) is 16.0 Å². The molecule has 0 saturated heterocycles. The van der Waals surface area contributed by atoms with Gasteiger partial charge in [-0.1, -0.05) is 29.8 Å². The maximum absolute atomic E-state index is 12.7. The molecule has 6 N–H and O–H groups in total. The summed E-state index contributed by atoms with van der Waals surface area (Å²) in [6.07, 6.45) is 4.16. The first-order valence-corrected chi connectivity index (χ1v) is 11.0. The standard InChI is InChI=1S/C18H29BClN3O4S/c1-28-11-9-16(19(26)27)23-18(25)15(8-4-5-10-21)22-17(24)12-13-6-2-3-7-14(13)20/h2-3,6-7,15-16,26-27H,4-5,8-12,21H2,1H3,(H,22,24)(H,23,25)/t15-,16-/m0/s1. The molecule has 0 radical (unpaired) electrons. The molecule has 0 heterocycles. The lowest BCUT2D eigenvalue weighted by Gasteiger charge is -2.23. The highest BCUT2D eigenvalue weighted by Gasteiger charge is 2.28. The Morgan fingerprint density at radius 3 is 2.54 bits per heavy atom. The lowest BCUT2D eigenvalue weighted by atomic mass is 9.77. The molecule has 0 bridgehead atoms. The Morgan fingerprint density at radius 2 is 1.93 bits per heavy atom. The van der Waals surface area contributed by atoms with Crippen molar-refractivity contribution in [3.63, 3.8) is 0 Å². The van der Waals surface area contributed by atoms with Crippen molar-refractivity contribution in [3.05, 3.63) is 34.9 Å². The highest BCUT2D eigenvalue weighted by Crippen LogP contribution is 2.15. The average Bonchev–Trinajstić information content (AvgIpc) is 2.65. The normalized spacial score (nSPS) is 12.9. The highest BCUT2D eigenvalue weighted by atomic mass is 35.5. The zero-order chi connectivity index (χ0) is 20.9. The van der Waals surface area contributed by atoms with Gasteiger partial charge in [0.2, 0.25) is 11.8 Å². The number of halogens is 1. The van der Waals surface area contributed by atoms with Crippen molar-refractivity contribution in [1.82, 2.24) is 10.6 Å². The van der Waals surface area contributed by atoms with Crippen LogP contribution in [0.15, 0.2) is 24.3 Å². The van der Waals surface area contributed by atoms with E-state index in [1.54, 1.807) is 36.0 Å². The largest absolute Gasteiger partial charge is 0.475 e. The van der Waals surface area contributed by atoms with Crippen molar-refractivity contribution in [2.24, 2.45) is 5.73 Å². The van der Waals surface area contributed by atoms with Crippen LogP contribution in [0.4, 0.5) is 0 Å². The number of amides is 2. The summed E-state index contributed by atoms with van der Waals surface area (Å²) in [6.45, 7) is 0.494. The van der Waals surface area contributed by atoms with Crippen LogP contribution in [0.2, 0.25) is 5.02 Å². The maximum Gasteiger partial charge on any atom is 0.475 e. The third kappa shape index (κ3) is 9.29. The fraction of sp³-hybridized carbons (Fsp3) is 0.556. The monoisotopic (exact) mass is 429 g/mol. The molecule has 2 atom stereocenters. The van der Waals surface area contributed by atoms with Crippen LogP contribution in [0.1, 0.15) is 31.2 Å². The van der Waals surface area contributed by atoms with Crippen LogP contribution in [0.5, 0.6) is 0 Å². The lowest BCUT2D eigenvalue weighted by Crippen LogP contribution is -2.54. The van der Waals surface area contributed by atoms with Gasteiger partial charge in [-0.15, -0.1) is 0 Å². The maximum atomic E-state index is 12.7. The van der Waals surface area contributed by atoms with Gasteiger partial charge in [0.1, 0.15) is 6.04 Å². The summed E-state index contributed by atoms with van der Waals surface area (Å²) in [4.78, 5) is 25.1. The van der Waals surface area contributed by atoms with Gasteiger partial charge in [-0.3, -0.25) is 9.59 Å². The van der Waals surface area contributed by atoms with Gasteiger partial charge in [0.15, 0.2) is 0 Å². The molecule has 1 rings (SSSR count). The first-order chi connectivity index (χ1) is 13.4. The molecule has 0 fully saturated rings. The van der Waals surface area contributed by atoms with Crippen molar-refractivity contribution < 1.29 is 19.6 Å². The summed E-state index contributed by atoms with van der Waals surface area (Å²) in [5, 5.41) is 24.9. The van der Waals surface area contributed by atoms with Gasteiger partial charge < -0.3 is 26.4 Å². The molecule has 28 heavy (non-hydrogen) atoms. The van der Waals surface area contributed by atoms with E-state index in [4.69, 9.17) is 17.3 Å². The summed E-state index contributed by atoms with van der Waals surface area (Å²) in [5.41, 5.74) is 6.19. The van der Waals surface area contributed by atoms with E-state index in [9.17, 15) is 19.6 Å². The third-order valence-electron chi connectivity index (χ3n) is 4.23. The first-order valence-electron chi connectivity index (χ1n) is 9.27. The smallest absolute Gasteiger partial charge is 0.426 e. The SMILES string of the molecule is CSCC[C@H](NC(=O)[C@H](CCCCN)NC(=O)Cc1ccccc1Cl)B(O)O. The van der Waals surface area contributed by atoms with E-state index in [1.165, 1.54) is 0 Å². The number of hydrogen-bond donors (Lipinski definition) is 5. The van der Waals surface area contributed by atoms with Gasteiger partial charge in [-0.25, -0.2) is 0 Å². The molecule has 2 amide bonds. The molecular weight excluding hydrogens is 401 g/mol. The molecule has 1 aromatic carbocycles. The Morgan fingerprint density at radius 1 is 1.21 bits per heavy atom. The second kappa shape index (κ2) is 13.8. The molecular formula is C18H29BClN3O4S. The Kier molecular flexibility index (Phi) is 12.3. The molecule has 0 unspecified atom stereocenters. The second-order valence-electron chi connectivity index (χ2n) is 6.48. The summed E-state index contributed by atoms with van der Waals surface area (Å²) in [6, 6.07) is 6.25. The Hall–Kier alpha value is -1.26. The van der Waals surface area contributed by atoms with E-state index in [0.29, 0.717) is 42.1 Å². The van der Waals surface area contributed by atoms with E-state index >= 15 is 0 Å². The zero-order valence-electron chi connectivity index (χ0n) is 16.1. The van der Waals surface area contributed by atoms with E-state index < -0.39 is 25.0 Å². The number of nitrogens with one attached hydrogen (secondary N) is 2. The lowest BCUT2D eigenvalue weighted by molar-refractivity contribution is -0.129. The van der Waals surface area contributed by atoms with Crippen LogP contribution >= 0.6 is 23.4 Å². The zero-order valence-corrected chi connectivity index (χ0v) is 17.6. The minimum atomic E-state index is -1.67. The van der Waals surface area contributed by atoms with Crippen molar-refractivity contribution >= 4 is 42.3 Å². The number of thioether (sulfide) groups is 1. The summed E-state index contributed by atoms with van der Waals surface area (Å²) in [5.74, 6) is -0.897. The number of rotatable bonds is 13. The summed E-state index contributed by atoms with van der Waals surface area (Å²) in [7, 11) is -1.67. The van der Waals surface area contributed by atoms with Gasteiger partial charge in [0.25, 0.3) is 0 Å². The van der Waals surface area contributed by atoms with Gasteiger partial charge in [0.05, 0.1) is 12.4 Å². The van der Waals surface area contributed by atoms with E-state index in [-0.39, 0.29) is 12.3 Å². The molecule has 10 heteroatoms. The Balaban J connectivity index is 2.75. The number of hydrogen-bond acceptors (Lipinski definition) is 6. The van der Waals surface area contributed by atoms with Gasteiger partial charge >= 0.3 is 7.12 Å². The van der Waals surface area contributed by atoms with Gasteiger partial charge in [-0.05, 0) is 55.9 Å². The van der Waals surface area contributed by atoms with E-state index in [0.717, 1.165) is 6.42 Å². The summed E-state index contributed by atoms with van der Waals surface area (Å²) >= 11 is 7.63. The quantitative estimate of drug-likeness (QED) is 0.233. The molecule has 0 saturated carbocycles. The van der Waals surface area contributed by atoms with Crippen LogP contribution < -0.4 is 16.4 Å². The van der Waals surface area contributed by atoms with Crippen molar-refractivity contribution in [2.75, 3.05) is 18.6 Å². The van der Waals surface area contributed by atoms with E-state index in [2.05, 4.69) is 10.6 Å². The molecule has 1 aromatic rings. The molecule has 0 aromatic heterocycles. The van der Waals surface area contributed by atoms with Crippen molar-refractivity contribution in [3.8, 4) is 0 Å². The Labute approximate surface area is 175 Å². The molecule has 0 aliphatic rings. The van der Waals surface area contributed by atoms with Crippen LogP contribution in [0.3, 0.4) is 0 Å². The fourth-order valence-corrected chi connectivity index (χ4v) is 3.34. The summed E-state index contributed by atoms with van der Waals surface area (Å²) < 4.78 is 0. The predicted molar refractivity (Wildman–Crippen MR) is 115 cm³/mol. The average molecular weight is 430 g/mol. The van der Waals surface area contributed by atoms with Crippen LogP contribution in [0, 0.1) is 0 Å². The molecule has 0 aliphatic carbocycles. The minimum Gasteiger partial charge on any atom is -0.426 e. The molecule has 0 spiro atoms. The number of nitrogens with two attached hydrogens (primary N) is 1. The van der Waals surface area contributed by atoms with Gasteiger partial charge in [-0.2, -0.15) is 11.8 Å². The van der Waals surface area contributed by atoms with Crippen molar-refractivity contribution in [1.29, 1.82) is 0 Å².